The molecule has 1 N–H and O–H groups in total. The summed E-state index contributed by atoms with van der Waals surface area (Å²) in [6.45, 7) is 0. The van der Waals surface area contributed by atoms with Gasteiger partial charge in [-0.2, -0.15) is 26.3 Å². The van der Waals surface area contributed by atoms with Crippen LogP contribution >= 0.6 is 0 Å². The molecule has 0 saturated heterocycles. The summed E-state index contributed by atoms with van der Waals surface area (Å²) in [4.78, 5) is 23.7. The Kier molecular flexibility index (Phi) is 5.25. The van der Waals surface area contributed by atoms with Gasteiger partial charge in [0.1, 0.15) is 5.60 Å². The Balaban J connectivity index is 1.76. The molecule has 4 aliphatic rings. The minimum Gasteiger partial charge on any atom is -0.452 e. The van der Waals surface area contributed by atoms with Gasteiger partial charge in [-0.1, -0.05) is 30.3 Å². The fourth-order valence-electron chi connectivity index (χ4n) is 6.24. The number of carbonyl (C=O) groups excluding carboxylic acids is 2. The number of carbonyl (C=O) groups is 2. The molecule has 0 aliphatic heterocycles. The Morgan fingerprint density at radius 1 is 0.935 bits per heavy atom. The van der Waals surface area contributed by atoms with Crippen LogP contribution in [0.1, 0.15) is 43.7 Å². The Morgan fingerprint density at radius 3 is 2.03 bits per heavy atom. The van der Waals surface area contributed by atoms with E-state index in [-0.39, 0.29) is 30.6 Å². The fourth-order valence-corrected chi connectivity index (χ4v) is 6.24. The van der Waals surface area contributed by atoms with E-state index in [1.165, 1.54) is 12.1 Å². The van der Waals surface area contributed by atoms with Gasteiger partial charge in [-0.15, -0.1) is 0 Å². The molecule has 4 fully saturated rings. The second-order valence-corrected chi connectivity index (χ2v) is 8.94. The van der Waals surface area contributed by atoms with Crippen LogP contribution in [0.15, 0.2) is 30.3 Å². The maximum Gasteiger partial charge on any atom is 0.490 e. The molecule has 6 atom stereocenters. The van der Waals surface area contributed by atoms with Crippen molar-refractivity contribution in [1.82, 2.24) is 5.32 Å². The first kappa shape index (κ1) is 22.0. The molecule has 3 unspecified atom stereocenters. The van der Waals surface area contributed by atoms with Crippen molar-refractivity contribution >= 4 is 11.9 Å². The average Bonchev–Trinajstić information content (AvgIpc) is 2.65. The third kappa shape index (κ3) is 4.13. The van der Waals surface area contributed by atoms with E-state index in [1.807, 2.05) is 5.32 Å². The molecule has 1 aromatic carbocycles. The summed E-state index contributed by atoms with van der Waals surface area (Å²) >= 11 is 0. The molecular weight excluding hydrogens is 428 g/mol. The van der Waals surface area contributed by atoms with Gasteiger partial charge in [0.05, 0.1) is 6.04 Å². The third-order valence-electron chi connectivity index (χ3n) is 6.91. The summed E-state index contributed by atoms with van der Waals surface area (Å²) in [5.74, 6) is -5.57. The number of rotatable bonds is 4. The molecule has 4 aliphatic carbocycles. The van der Waals surface area contributed by atoms with E-state index >= 15 is 0 Å². The summed E-state index contributed by atoms with van der Waals surface area (Å²) in [6.07, 6.45) is -8.02. The number of halogens is 6. The minimum atomic E-state index is -5.22. The van der Waals surface area contributed by atoms with Crippen LogP contribution < -0.4 is 5.32 Å². The summed E-state index contributed by atoms with van der Waals surface area (Å²) in [5.41, 5.74) is -1.24. The number of hydrogen-bond donors (Lipinski definition) is 1. The number of amides is 1. The van der Waals surface area contributed by atoms with Gasteiger partial charge >= 0.3 is 24.2 Å². The van der Waals surface area contributed by atoms with Crippen molar-refractivity contribution in [3.05, 3.63) is 35.9 Å². The highest BCUT2D eigenvalue weighted by Crippen LogP contribution is 2.63. The number of benzene rings is 1. The largest absolute Gasteiger partial charge is 0.490 e. The van der Waals surface area contributed by atoms with Gasteiger partial charge in [0.2, 0.25) is 0 Å². The molecule has 0 aromatic heterocycles. The SMILES string of the molecule is O=C(N[C@@H](c1ccccc1)[C@H]1C2CC3C[C@H](C2)CC1(OC(=O)C(F)(F)F)C3)C(F)(F)F. The van der Waals surface area contributed by atoms with E-state index < -0.39 is 41.8 Å². The van der Waals surface area contributed by atoms with E-state index in [0.717, 1.165) is 6.42 Å². The van der Waals surface area contributed by atoms with Gasteiger partial charge in [0.25, 0.3) is 0 Å². The Bertz CT molecular complexity index is 839. The molecule has 4 saturated carbocycles. The second kappa shape index (κ2) is 7.41. The van der Waals surface area contributed by atoms with Crippen LogP contribution in [0.3, 0.4) is 0 Å². The highest BCUT2D eigenvalue weighted by Gasteiger charge is 2.63. The van der Waals surface area contributed by atoms with Crippen LogP contribution in [0.2, 0.25) is 0 Å². The highest BCUT2D eigenvalue weighted by atomic mass is 19.4. The van der Waals surface area contributed by atoms with Crippen LogP contribution in [-0.2, 0) is 14.3 Å². The predicted octanol–water partition coefficient (Wildman–Crippen LogP) is 4.71. The summed E-state index contributed by atoms with van der Waals surface area (Å²) < 4.78 is 83.5. The van der Waals surface area contributed by atoms with Crippen molar-refractivity contribution in [2.24, 2.45) is 23.7 Å². The zero-order chi connectivity index (χ0) is 22.6. The van der Waals surface area contributed by atoms with Crippen LogP contribution in [0.25, 0.3) is 0 Å². The molecule has 0 heterocycles. The lowest BCUT2D eigenvalue weighted by Gasteiger charge is -2.61. The first-order chi connectivity index (χ1) is 14.4. The number of hydrogen-bond acceptors (Lipinski definition) is 3. The quantitative estimate of drug-likeness (QED) is 0.535. The average molecular weight is 449 g/mol. The van der Waals surface area contributed by atoms with Crippen molar-refractivity contribution < 1.29 is 40.7 Å². The fraction of sp³-hybridized carbons (Fsp3) is 0.619. The Hall–Kier alpha value is -2.26. The van der Waals surface area contributed by atoms with Gasteiger partial charge < -0.3 is 10.1 Å². The zero-order valence-electron chi connectivity index (χ0n) is 16.3. The first-order valence-corrected chi connectivity index (χ1v) is 10.1. The van der Waals surface area contributed by atoms with Crippen molar-refractivity contribution in [2.45, 2.75) is 56.1 Å². The molecule has 31 heavy (non-hydrogen) atoms. The highest BCUT2D eigenvalue weighted by molar-refractivity contribution is 5.82. The predicted molar refractivity (Wildman–Crippen MR) is 95.3 cm³/mol. The van der Waals surface area contributed by atoms with Crippen molar-refractivity contribution in [3.8, 4) is 0 Å². The molecule has 1 amide bonds. The molecule has 10 heteroatoms. The number of esters is 1. The molecular formula is C21H21F6NO3. The van der Waals surface area contributed by atoms with E-state index in [2.05, 4.69) is 0 Å². The summed E-state index contributed by atoms with van der Waals surface area (Å²) in [7, 11) is 0. The Morgan fingerprint density at radius 2 is 1.52 bits per heavy atom. The molecule has 0 spiro atoms. The first-order valence-electron chi connectivity index (χ1n) is 10.1. The van der Waals surface area contributed by atoms with Gasteiger partial charge in [0.15, 0.2) is 0 Å². The molecule has 5 rings (SSSR count). The van der Waals surface area contributed by atoms with E-state index in [0.29, 0.717) is 18.4 Å². The van der Waals surface area contributed by atoms with Gasteiger partial charge in [-0.05, 0) is 55.4 Å². The van der Waals surface area contributed by atoms with Crippen molar-refractivity contribution in [2.75, 3.05) is 0 Å². The summed E-state index contributed by atoms with van der Waals surface area (Å²) in [6, 6.07) is 6.60. The normalized spacial score (nSPS) is 33.1. The minimum absolute atomic E-state index is 0.0459. The van der Waals surface area contributed by atoms with E-state index in [4.69, 9.17) is 4.74 Å². The maximum atomic E-state index is 13.1. The Labute approximate surface area is 174 Å². The standard InChI is InChI=1S/C21H21F6NO3/c22-20(23,24)17(29)28-16(13-4-2-1-3-5-13)15-14-7-11-6-12(8-14)10-19(15,9-11)31-18(30)21(25,26)27/h1-5,11-12,14-16H,6-10H2,(H,28,29)/t11-,12?,14?,15-,16+,19?/m1/s1. The molecule has 0 radical (unpaired) electrons. The smallest absolute Gasteiger partial charge is 0.452 e. The van der Waals surface area contributed by atoms with Crippen molar-refractivity contribution in [3.63, 3.8) is 0 Å². The summed E-state index contributed by atoms with van der Waals surface area (Å²) in [5, 5.41) is 2.00. The number of alkyl halides is 6. The lowest BCUT2D eigenvalue weighted by Crippen LogP contribution is -2.63. The van der Waals surface area contributed by atoms with Gasteiger partial charge in [0, 0.05) is 5.92 Å². The maximum absolute atomic E-state index is 13.1. The van der Waals surface area contributed by atoms with E-state index in [9.17, 15) is 35.9 Å². The topological polar surface area (TPSA) is 55.4 Å². The van der Waals surface area contributed by atoms with Crippen molar-refractivity contribution in [1.29, 1.82) is 0 Å². The lowest BCUT2D eigenvalue weighted by atomic mass is 9.48. The zero-order valence-corrected chi connectivity index (χ0v) is 16.3. The lowest BCUT2D eigenvalue weighted by molar-refractivity contribution is -0.247. The van der Waals surface area contributed by atoms with Gasteiger partial charge in [-0.25, -0.2) is 4.79 Å². The van der Waals surface area contributed by atoms with Crippen LogP contribution in [0, 0.1) is 23.7 Å². The molecule has 170 valence electrons. The molecule has 4 nitrogen and oxygen atoms in total. The second-order valence-electron chi connectivity index (χ2n) is 8.94. The van der Waals surface area contributed by atoms with Crippen LogP contribution in [-0.4, -0.2) is 29.8 Å². The number of nitrogens with one attached hydrogen (secondary N) is 1. The third-order valence-corrected chi connectivity index (χ3v) is 6.91. The van der Waals surface area contributed by atoms with E-state index in [1.54, 1.807) is 18.2 Å². The monoisotopic (exact) mass is 449 g/mol. The molecule has 1 aromatic rings. The van der Waals surface area contributed by atoms with Crippen LogP contribution in [0.5, 0.6) is 0 Å². The molecule has 4 bridgehead atoms. The van der Waals surface area contributed by atoms with Crippen LogP contribution in [0.4, 0.5) is 26.3 Å². The number of ether oxygens (including phenoxy) is 1. The van der Waals surface area contributed by atoms with Gasteiger partial charge in [-0.3, -0.25) is 4.79 Å².